The molecule has 33 heavy (non-hydrogen) atoms. The minimum atomic E-state index is -1.42. The van der Waals surface area contributed by atoms with Crippen LogP contribution in [-0.4, -0.2) is 35.7 Å². The fraction of sp³-hybridized carbons (Fsp3) is 0.462. The van der Waals surface area contributed by atoms with E-state index in [0.717, 1.165) is 24.0 Å². The number of hydrogen-bond donors (Lipinski definition) is 0. The van der Waals surface area contributed by atoms with Gasteiger partial charge in [0, 0.05) is 19.0 Å². The summed E-state index contributed by atoms with van der Waals surface area (Å²) >= 11 is 0. The van der Waals surface area contributed by atoms with Crippen molar-refractivity contribution in [3.8, 4) is 5.75 Å². The van der Waals surface area contributed by atoms with E-state index in [0.29, 0.717) is 24.8 Å². The normalized spacial score (nSPS) is 16.2. The number of carboxylic acids is 1. The van der Waals surface area contributed by atoms with Gasteiger partial charge >= 0.3 is 35.7 Å². The quantitative estimate of drug-likeness (QED) is 0.580. The molecule has 0 radical (unpaired) electrons. The molecule has 1 heterocycles. The van der Waals surface area contributed by atoms with Crippen LogP contribution in [0.1, 0.15) is 69.1 Å². The van der Waals surface area contributed by atoms with Crippen LogP contribution in [0.3, 0.4) is 0 Å². The third-order valence-corrected chi connectivity index (χ3v) is 5.88. The topological polar surface area (TPSA) is 78.9 Å². The summed E-state index contributed by atoms with van der Waals surface area (Å²) in [6.45, 7) is 8.68. The molecule has 6 nitrogen and oxygen atoms in total. The van der Waals surface area contributed by atoms with E-state index in [2.05, 4.69) is 26.0 Å². The number of piperidine rings is 1. The Kier molecular flexibility index (Phi) is 9.83. The summed E-state index contributed by atoms with van der Waals surface area (Å²) in [5, 5.41) is 11.2. The first-order valence-corrected chi connectivity index (χ1v) is 11.2. The van der Waals surface area contributed by atoms with Crippen molar-refractivity contribution in [1.29, 1.82) is 0 Å². The molecule has 0 saturated carbocycles. The molecule has 0 aliphatic carbocycles. The van der Waals surface area contributed by atoms with Gasteiger partial charge in [0.1, 0.15) is 18.0 Å². The Morgan fingerprint density at radius 3 is 2.48 bits per heavy atom. The third kappa shape index (κ3) is 7.49. The van der Waals surface area contributed by atoms with E-state index in [4.69, 9.17) is 9.47 Å². The molecule has 0 bridgehead atoms. The zero-order valence-electron chi connectivity index (χ0n) is 20.3. The van der Waals surface area contributed by atoms with Crippen molar-refractivity contribution in [1.82, 2.24) is 4.90 Å². The number of likely N-dealkylation sites (tertiary alicyclic amines) is 1. The molecule has 0 aromatic heterocycles. The summed E-state index contributed by atoms with van der Waals surface area (Å²) in [6, 6.07) is 15.5. The van der Waals surface area contributed by atoms with Gasteiger partial charge in [-0.15, -0.1) is 0 Å². The van der Waals surface area contributed by atoms with Crippen LogP contribution >= 0.6 is 0 Å². The maximum atomic E-state index is 12.7. The Morgan fingerprint density at radius 2 is 1.85 bits per heavy atom. The second kappa shape index (κ2) is 11.9. The van der Waals surface area contributed by atoms with Crippen LogP contribution in [0.5, 0.6) is 5.75 Å². The van der Waals surface area contributed by atoms with Crippen LogP contribution in [-0.2, 0) is 16.1 Å². The van der Waals surface area contributed by atoms with E-state index in [-0.39, 0.29) is 48.2 Å². The number of nitrogens with zero attached hydrogens (tertiary/aromatic N) is 1. The third-order valence-electron chi connectivity index (χ3n) is 5.88. The standard InChI is InChI=1S/C26H33NO5.Na/c1-18(2)20-12-10-19(11-13-20)17-31-25(30)27-14-6-8-22(16-27)21-7-5-9-23(15-21)32-26(3,4)24(28)29;/h5,7,9-13,15,18,22H,6,8,14,16-17H2,1-4H3,(H,28,29);/q;+1/p-1/t22-;/m1./s1. The van der Waals surface area contributed by atoms with Crippen molar-refractivity contribution < 1.29 is 53.7 Å². The van der Waals surface area contributed by atoms with E-state index in [1.54, 1.807) is 11.0 Å². The SMILES string of the molecule is CC(C)c1ccc(COC(=O)N2CCC[C@@H](c3cccc(OC(C)(C)C(=O)[O-])c3)C2)cc1.[Na+]. The van der Waals surface area contributed by atoms with Crippen LogP contribution in [0.2, 0.25) is 0 Å². The molecule has 0 N–H and O–H groups in total. The van der Waals surface area contributed by atoms with Crippen LogP contribution in [0, 0.1) is 0 Å². The molecule has 1 aliphatic rings. The molecule has 1 aliphatic heterocycles. The van der Waals surface area contributed by atoms with E-state index in [1.807, 2.05) is 30.3 Å². The predicted octanol–water partition coefficient (Wildman–Crippen LogP) is 1.24. The minimum absolute atomic E-state index is 0. The van der Waals surface area contributed by atoms with Gasteiger partial charge in [-0.2, -0.15) is 0 Å². The van der Waals surface area contributed by atoms with Crippen molar-refractivity contribution in [2.45, 2.75) is 64.6 Å². The molecule has 1 atom stereocenters. The van der Waals surface area contributed by atoms with Crippen LogP contribution in [0.4, 0.5) is 4.79 Å². The number of rotatable bonds is 7. The first-order valence-electron chi connectivity index (χ1n) is 11.2. The van der Waals surface area contributed by atoms with Gasteiger partial charge in [-0.05, 0) is 61.4 Å². The zero-order valence-corrected chi connectivity index (χ0v) is 22.3. The van der Waals surface area contributed by atoms with Gasteiger partial charge in [-0.25, -0.2) is 4.79 Å². The first-order chi connectivity index (χ1) is 15.2. The van der Waals surface area contributed by atoms with Gasteiger partial charge in [-0.1, -0.05) is 50.2 Å². The largest absolute Gasteiger partial charge is 1.00 e. The molecule has 0 unspecified atom stereocenters. The second-order valence-corrected chi connectivity index (χ2v) is 9.21. The fourth-order valence-electron chi connectivity index (χ4n) is 3.82. The van der Waals surface area contributed by atoms with Crippen molar-refractivity contribution in [3.63, 3.8) is 0 Å². The molecule has 172 valence electrons. The van der Waals surface area contributed by atoms with Gasteiger partial charge in [0.2, 0.25) is 0 Å². The van der Waals surface area contributed by atoms with Gasteiger partial charge in [0.15, 0.2) is 0 Å². The molecule has 7 heteroatoms. The Hall–Kier alpha value is -2.02. The molecule has 3 rings (SSSR count). The van der Waals surface area contributed by atoms with Gasteiger partial charge in [0.25, 0.3) is 0 Å². The Balaban J connectivity index is 0.00000385. The van der Waals surface area contributed by atoms with Crippen LogP contribution in [0.15, 0.2) is 48.5 Å². The molecule has 1 fully saturated rings. The number of carboxylic acid groups (broad SMARTS) is 1. The van der Waals surface area contributed by atoms with E-state index >= 15 is 0 Å². The number of ether oxygens (including phenoxy) is 2. The summed E-state index contributed by atoms with van der Waals surface area (Å²) in [5.74, 6) is -0.196. The van der Waals surface area contributed by atoms with Gasteiger partial charge < -0.3 is 24.3 Å². The number of amides is 1. The van der Waals surface area contributed by atoms with Crippen molar-refractivity contribution >= 4 is 12.1 Å². The molecule has 2 aromatic carbocycles. The van der Waals surface area contributed by atoms with Crippen LogP contribution in [0.25, 0.3) is 0 Å². The van der Waals surface area contributed by atoms with E-state index in [1.165, 1.54) is 19.4 Å². The molecule has 2 aromatic rings. The number of carbonyl (C=O) groups excluding carboxylic acids is 2. The first kappa shape index (κ1) is 27.2. The molecular weight excluding hydrogens is 429 g/mol. The molecule has 1 amide bonds. The van der Waals surface area contributed by atoms with Crippen molar-refractivity contribution in [3.05, 3.63) is 65.2 Å². The summed E-state index contributed by atoms with van der Waals surface area (Å²) in [5.41, 5.74) is 1.82. The Bertz CT molecular complexity index is 942. The van der Waals surface area contributed by atoms with Crippen molar-refractivity contribution in [2.75, 3.05) is 13.1 Å². The number of hydrogen-bond acceptors (Lipinski definition) is 5. The van der Waals surface area contributed by atoms with E-state index in [9.17, 15) is 14.7 Å². The predicted molar refractivity (Wildman–Crippen MR) is 120 cm³/mol. The maximum Gasteiger partial charge on any atom is 1.00 e. The summed E-state index contributed by atoms with van der Waals surface area (Å²) in [6.07, 6.45) is 1.50. The average Bonchev–Trinajstić information content (AvgIpc) is 2.77. The monoisotopic (exact) mass is 461 g/mol. The van der Waals surface area contributed by atoms with Crippen LogP contribution < -0.4 is 39.4 Å². The number of carbonyl (C=O) groups is 2. The fourth-order valence-corrected chi connectivity index (χ4v) is 3.82. The van der Waals surface area contributed by atoms with E-state index < -0.39 is 11.6 Å². The Labute approximate surface area is 218 Å². The Morgan fingerprint density at radius 1 is 1.15 bits per heavy atom. The maximum absolute atomic E-state index is 12.7. The average molecular weight is 462 g/mol. The zero-order chi connectivity index (χ0) is 23.3. The molecule has 0 spiro atoms. The second-order valence-electron chi connectivity index (χ2n) is 9.21. The molecule has 1 saturated heterocycles. The van der Waals surface area contributed by atoms with Gasteiger partial charge in [-0.3, -0.25) is 0 Å². The number of benzene rings is 2. The summed E-state index contributed by atoms with van der Waals surface area (Å²) in [7, 11) is 0. The number of aliphatic carboxylic acids is 1. The smallest absolute Gasteiger partial charge is 0.546 e. The van der Waals surface area contributed by atoms with Crippen molar-refractivity contribution in [2.24, 2.45) is 0 Å². The summed E-state index contributed by atoms with van der Waals surface area (Å²) < 4.78 is 11.2. The summed E-state index contributed by atoms with van der Waals surface area (Å²) in [4.78, 5) is 25.7. The molecular formula is C26H32NNaO5. The van der Waals surface area contributed by atoms with Gasteiger partial charge in [0.05, 0.1) is 5.97 Å². The minimum Gasteiger partial charge on any atom is -0.546 e.